The van der Waals surface area contributed by atoms with Crippen LogP contribution in [0.2, 0.25) is 0 Å². The lowest BCUT2D eigenvalue weighted by molar-refractivity contribution is 0.870. The van der Waals surface area contributed by atoms with E-state index in [1.165, 1.54) is 48.8 Å². The van der Waals surface area contributed by atoms with E-state index in [1.54, 1.807) is 0 Å². The number of aromatic nitrogens is 3. The molecule has 1 atom stereocenters. The third-order valence-electron chi connectivity index (χ3n) is 11.5. The summed E-state index contributed by atoms with van der Waals surface area (Å²) in [6, 6.07) is 62.8. The Morgan fingerprint density at radius 3 is 1.88 bits per heavy atom. The first kappa shape index (κ1) is 35.9. The number of hydrogen-bond acceptors (Lipinski definition) is 3. The summed E-state index contributed by atoms with van der Waals surface area (Å²) < 4.78 is 0. The molecule has 1 unspecified atom stereocenters. The minimum absolute atomic E-state index is 0.164. The summed E-state index contributed by atoms with van der Waals surface area (Å²) >= 11 is 0. The second-order valence-electron chi connectivity index (χ2n) is 15.2. The average molecular weight is 756 g/mol. The minimum atomic E-state index is 0.164. The summed E-state index contributed by atoms with van der Waals surface area (Å²) in [6.07, 6.45) is 11.9. The Hall–Kier alpha value is -7.49. The Balaban J connectivity index is 0.987. The number of allylic oxidation sites excluding steroid dienone is 3. The highest BCUT2D eigenvalue weighted by atomic mass is 14.9. The third-order valence-corrected chi connectivity index (χ3v) is 11.5. The van der Waals surface area contributed by atoms with Crippen LogP contribution in [0.3, 0.4) is 0 Å². The maximum Gasteiger partial charge on any atom is 0.133 e. The number of nitrogens with zero attached hydrogens (tertiary/aromatic N) is 3. The van der Waals surface area contributed by atoms with Gasteiger partial charge in [0.15, 0.2) is 0 Å². The molecular formula is C56H41N3. The van der Waals surface area contributed by atoms with Crippen molar-refractivity contribution in [3.05, 3.63) is 225 Å². The van der Waals surface area contributed by atoms with Crippen LogP contribution in [-0.2, 0) is 6.42 Å². The van der Waals surface area contributed by atoms with Gasteiger partial charge in [0.25, 0.3) is 0 Å². The van der Waals surface area contributed by atoms with Crippen molar-refractivity contribution in [1.82, 2.24) is 15.0 Å². The highest BCUT2D eigenvalue weighted by molar-refractivity contribution is 6.09. The van der Waals surface area contributed by atoms with Crippen molar-refractivity contribution in [3.63, 3.8) is 0 Å². The van der Waals surface area contributed by atoms with Gasteiger partial charge in [-0.1, -0.05) is 170 Å². The molecule has 0 radical (unpaired) electrons. The van der Waals surface area contributed by atoms with E-state index in [4.69, 9.17) is 9.97 Å². The second kappa shape index (κ2) is 15.8. The van der Waals surface area contributed by atoms with Gasteiger partial charge in [-0.05, 0) is 90.6 Å². The Morgan fingerprint density at radius 1 is 0.441 bits per heavy atom. The lowest BCUT2D eigenvalue weighted by atomic mass is 9.88. The molecule has 10 aromatic rings. The molecule has 0 fully saturated rings. The zero-order chi connectivity index (χ0) is 39.5. The number of pyridine rings is 1. The predicted molar refractivity (Wildman–Crippen MR) is 248 cm³/mol. The molecule has 280 valence electrons. The van der Waals surface area contributed by atoms with Gasteiger partial charge in [0.05, 0.1) is 11.4 Å². The number of hydrogen-bond donors (Lipinski definition) is 0. The number of fused-ring (bicyclic) bond motifs is 5. The molecule has 0 N–H and O–H groups in total. The SMILES string of the molecule is C=CC(C/C=C\Cc1nc(-c2ccc(-c3cncc4ccccc34)cc2)cc(-c2cccc(-c3ccc4ccccc4c3)c2)n1)c1cc2ccccc2c2ccccc12. The van der Waals surface area contributed by atoms with Gasteiger partial charge >= 0.3 is 0 Å². The second-order valence-corrected chi connectivity index (χ2v) is 15.2. The Labute approximate surface area is 344 Å². The van der Waals surface area contributed by atoms with Crippen molar-refractivity contribution in [2.45, 2.75) is 18.8 Å². The molecule has 0 aliphatic heterocycles. The first-order chi connectivity index (χ1) is 29.2. The van der Waals surface area contributed by atoms with Crippen LogP contribution in [0, 0.1) is 0 Å². The van der Waals surface area contributed by atoms with Crippen LogP contribution in [0.15, 0.2) is 213 Å². The van der Waals surface area contributed by atoms with E-state index >= 15 is 0 Å². The first-order valence-corrected chi connectivity index (χ1v) is 20.3. The minimum Gasteiger partial charge on any atom is -0.263 e. The van der Waals surface area contributed by atoms with Gasteiger partial charge in [0, 0.05) is 46.8 Å². The maximum atomic E-state index is 5.19. The summed E-state index contributed by atoms with van der Waals surface area (Å²) in [5, 5.41) is 9.86. The Kier molecular flexibility index (Phi) is 9.61. The molecule has 3 heteroatoms. The first-order valence-electron chi connectivity index (χ1n) is 20.3. The summed E-state index contributed by atoms with van der Waals surface area (Å²) in [6.45, 7) is 4.27. The van der Waals surface area contributed by atoms with E-state index in [2.05, 4.69) is 206 Å². The van der Waals surface area contributed by atoms with E-state index < -0.39 is 0 Å². The van der Waals surface area contributed by atoms with Crippen molar-refractivity contribution < 1.29 is 0 Å². The molecule has 0 amide bonds. The van der Waals surface area contributed by atoms with Crippen LogP contribution >= 0.6 is 0 Å². The summed E-state index contributed by atoms with van der Waals surface area (Å²) in [5.74, 6) is 0.940. The smallest absolute Gasteiger partial charge is 0.133 e. The standard InChI is InChI=1S/C56H41N3/c1-2-38(52-34-45-17-5-8-21-48(45)50-23-10-11-24-51(50)52)14-7-12-25-56-58-54(41-29-27-40(28-30-41)53-37-57-36-47-18-6-9-22-49(47)53)35-55(59-56)46-20-13-19-43(33-46)44-31-26-39-15-3-4-16-42(39)32-44/h2-13,15-24,26-38H,1,14,25H2/b12-7-. The molecular weight excluding hydrogens is 715 g/mol. The summed E-state index contributed by atoms with van der Waals surface area (Å²) in [4.78, 5) is 14.9. The Morgan fingerprint density at radius 2 is 1.07 bits per heavy atom. The molecule has 59 heavy (non-hydrogen) atoms. The molecule has 0 saturated heterocycles. The fraction of sp³-hybridized carbons (Fsp3) is 0.0536. The summed E-state index contributed by atoms with van der Waals surface area (Å²) in [5.41, 5.74) is 9.75. The molecule has 3 nitrogen and oxygen atoms in total. The zero-order valence-electron chi connectivity index (χ0n) is 32.7. The molecule has 0 bridgehead atoms. The highest BCUT2D eigenvalue weighted by Crippen LogP contribution is 2.36. The van der Waals surface area contributed by atoms with Crippen LogP contribution in [0.4, 0.5) is 0 Å². The zero-order valence-corrected chi connectivity index (χ0v) is 32.7. The molecule has 0 aliphatic carbocycles. The predicted octanol–water partition coefficient (Wildman–Crippen LogP) is 14.6. The fourth-order valence-corrected chi connectivity index (χ4v) is 8.45. The molecule has 0 spiro atoms. The van der Waals surface area contributed by atoms with Crippen LogP contribution in [0.1, 0.15) is 23.7 Å². The quantitative estimate of drug-likeness (QED) is 0.103. The van der Waals surface area contributed by atoms with Gasteiger partial charge in [-0.15, -0.1) is 6.58 Å². The molecule has 0 aliphatic rings. The van der Waals surface area contributed by atoms with Gasteiger partial charge in [0.1, 0.15) is 5.82 Å². The van der Waals surface area contributed by atoms with Crippen molar-refractivity contribution in [2.24, 2.45) is 0 Å². The van der Waals surface area contributed by atoms with Crippen molar-refractivity contribution >= 4 is 43.1 Å². The molecule has 0 saturated carbocycles. The molecule has 8 aromatic carbocycles. The van der Waals surface area contributed by atoms with E-state index in [1.807, 2.05) is 12.4 Å². The number of benzene rings is 8. The molecule has 10 rings (SSSR count). The third kappa shape index (κ3) is 7.20. The van der Waals surface area contributed by atoms with Gasteiger partial charge in [0.2, 0.25) is 0 Å². The largest absolute Gasteiger partial charge is 0.263 e. The highest BCUT2D eigenvalue weighted by Gasteiger charge is 2.14. The van der Waals surface area contributed by atoms with Gasteiger partial charge in [-0.2, -0.15) is 0 Å². The van der Waals surface area contributed by atoms with Gasteiger partial charge in [-0.25, -0.2) is 9.97 Å². The van der Waals surface area contributed by atoms with Crippen molar-refractivity contribution in [1.29, 1.82) is 0 Å². The maximum absolute atomic E-state index is 5.19. The lowest BCUT2D eigenvalue weighted by Gasteiger charge is -2.16. The van der Waals surface area contributed by atoms with Crippen molar-refractivity contribution in [3.8, 4) is 44.8 Å². The average Bonchev–Trinajstić information content (AvgIpc) is 3.31. The topological polar surface area (TPSA) is 38.7 Å². The van der Waals surface area contributed by atoms with E-state index in [-0.39, 0.29) is 5.92 Å². The van der Waals surface area contributed by atoms with Gasteiger partial charge < -0.3 is 0 Å². The Bertz CT molecular complexity index is 3190. The van der Waals surface area contributed by atoms with E-state index in [0.29, 0.717) is 6.42 Å². The monoisotopic (exact) mass is 755 g/mol. The van der Waals surface area contributed by atoms with E-state index in [9.17, 15) is 0 Å². The normalized spacial score (nSPS) is 12.1. The van der Waals surface area contributed by atoms with Crippen LogP contribution < -0.4 is 0 Å². The molecule has 2 aromatic heterocycles. The van der Waals surface area contributed by atoms with Crippen LogP contribution in [-0.4, -0.2) is 15.0 Å². The lowest BCUT2D eigenvalue weighted by Crippen LogP contribution is -1.99. The van der Waals surface area contributed by atoms with Gasteiger partial charge in [-0.3, -0.25) is 4.98 Å². The van der Waals surface area contributed by atoms with E-state index in [0.717, 1.165) is 56.8 Å². The van der Waals surface area contributed by atoms with Crippen LogP contribution in [0.5, 0.6) is 0 Å². The van der Waals surface area contributed by atoms with Crippen molar-refractivity contribution in [2.75, 3.05) is 0 Å². The fourth-order valence-electron chi connectivity index (χ4n) is 8.45. The van der Waals surface area contributed by atoms with Crippen LogP contribution in [0.25, 0.3) is 87.9 Å². The molecule has 2 heterocycles. The number of rotatable bonds is 10. The summed E-state index contributed by atoms with van der Waals surface area (Å²) in [7, 11) is 0.